The largest absolute Gasteiger partial charge is 0.350 e. The number of piperazine rings is 1. The second kappa shape index (κ2) is 6.36. The summed E-state index contributed by atoms with van der Waals surface area (Å²) >= 11 is 0. The molecular weight excluding hydrogens is 288 g/mol. The van der Waals surface area contributed by atoms with E-state index >= 15 is 0 Å². The Morgan fingerprint density at radius 2 is 1.91 bits per heavy atom. The summed E-state index contributed by atoms with van der Waals surface area (Å²) < 4.78 is 0. The average Bonchev–Trinajstić information content (AvgIpc) is 2.51. The fourth-order valence-electron chi connectivity index (χ4n) is 3.06. The van der Waals surface area contributed by atoms with Crippen LogP contribution in [0.1, 0.15) is 22.6 Å². The third-order valence-corrected chi connectivity index (χ3v) is 4.24. The van der Waals surface area contributed by atoms with E-state index < -0.39 is 0 Å². The highest BCUT2D eigenvalue weighted by Crippen LogP contribution is 2.21. The van der Waals surface area contributed by atoms with Crippen LogP contribution in [0.3, 0.4) is 0 Å². The molecule has 2 heterocycles. The molecule has 0 unspecified atom stereocenters. The number of anilines is 1. The van der Waals surface area contributed by atoms with Gasteiger partial charge < -0.3 is 10.2 Å². The van der Waals surface area contributed by atoms with Gasteiger partial charge in [-0.15, -0.1) is 0 Å². The summed E-state index contributed by atoms with van der Waals surface area (Å²) in [6.45, 7) is 7.00. The lowest BCUT2D eigenvalue weighted by Gasteiger charge is -2.35. The van der Waals surface area contributed by atoms with Gasteiger partial charge >= 0.3 is 0 Å². The molecule has 1 aliphatic rings. The number of aromatic nitrogens is 2. The summed E-state index contributed by atoms with van der Waals surface area (Å²) in [5, 5.41) is 3.09. The van der Waals surface area contributed by atoms with Crippen LogP contribution in [-0.4, -0.2) is 35.0 Å². The molecule has 5 nitrogen and oxygen atoms in total. The zero-order valence-corrected chi connectivity index (χ0v) is 13.8. The Hall–Kier alpha value is -2.43. The zero-order chi connectivity index (χ0) is 16.4. The molecule has 120 valence electrons. The Morgan fingerprint density at radius 3 is 2.65 bits per heavy atom. The second-order valence-electron chi connectivity index (χ2n) is 6.14. The maximum atomic E-state index is 12.1. The first-order valence-electron chi connectivity index (χ1n) is 7.93. The minimum absolute atomic E-state index is 0.0468. The lowest BCUT2D eigenvalue weighted by atomic mass is 10.0. The molecular formula is C18H22N4O. The number of hydrogen-bond acceptors (Lipinski definition) is 4. The van der Waals surface area contributed by atoms with Crippen molar-refractivity contribution in [1.82, 2.24) is 15.3 Å². The van der Waals surface area contributed by atoms with Crippen LogP contribution in [0.25, 0.3) is 0 Å². The van der Waals surface area contributed by atoms with Gasteiger partial charge in [-0.05, 0) is 32.8 Å². The first-order chi connectivity index (χ1) is 11.0. The molecule has 0 aliphatic carbocycles. The third kappa shape index (κ3) is 3.50. The fourth-order valence-corrected chi connectivity index (χ4v) is 3.06. The van der Waals surface area contributed by atoms with Crippen LogP contribution in [0.4, 0.5) is 5.82 Å². The third-order valence-electron chi connectivity index (χ3n) is 4.24. The van der Waals surface area contributed by atoms with Crippen molar-refractivity contribution >= 4 is 11.7 Å². The van der Waals surface area contributed by atoms with E-state index in [0.717, 1.165) is 35.9 Å². The van der Waals surface area contributed by atoms with Crippen LogP contribution >= 0.6 is 0 Å². The topological polar surface area (TPSA) is 58.1 Å². The molecule has 1 aromatic heterocycles. The van der Waals surface area contributed by atoms with Crippen molar-refractivity contribution in [3.05, 3.63) is 53.0 Å². The molecule has 0 spiro atoms. The molecule has 1 fully saturated rings. The van der Waals surface area contributed by atoms with Gasteiger partial charge in [-0.1, -0.05) is 30.3 Å². The van der Waals surface area contributed by atoms with E-state index in [4.69, 9.17) is 0 Å². The Balaban J connectivity index is 1.82. The van der Waals surface area contributed by atoms with Gasteiger partial charge in [0, 0.05) is 17.8 Å². The fraction of sp³-hybridized carbons (Fsp3) is 0.389. The molecule has 0 saturated carbocycles. The van der Waals surface area contributed by atoms with Crippen LogP contribution in [0, 0.1) is 20.8 Å². The normalized spacial score (nSPS) is 18.0. The van der Waals surface area contributed by atoms with Gasteiger partial charge in [0.1, 0.15) is 11.6 Å². The van der Waals surface area contributed by atoms with Gasteiger partial charge in [-0.2, -0.15) is 0 Å². The molecule has 1 amide bonds. The second-order valence-corrected chi connectivity index (χ2v) is 6.14. The number of rotatable bonds is 3. The van der Waals surface area contributed by atoms with Gasteiger partial charge in [0.25, 0.3) is 0 Å². The molecule has 0 radical (unpaired) electrons. The number of amides is 1. The Kier molecular flexibility index (Phi) is 4.28. The summed E-state index contributed by atoms with van der Waals surface area (Å²) in [5.74, 6) is 1.67. The minimum Gasteiger partial charge on any atom is -0.350 e. The molecule has 5 heteroatoms. The Bertz CT molecular complexity index is 714. The first kappa shape index (κ1) is 15.5. The van der Waals surface area contributed by atoms with E-state index in [0.29, 0.717) is 6.54 Å². The highest BCUT2D eigenvalue weighted by molar-refractivity contribution is 5.83. The van der Waals surface area contributed by atoms with Gasteiger partial charge in [0.15, 0.2) is 0 Å². The lowest BCUT2D eigenvalue weighted by Crippen LogP contribution is -2.55. The maximum absolute atomic E-state index is 12.1. The van der Waals surface area contributed by atoms with E-state index in [1.165, 1.54) is 5.56 Å². The first-order valence-corrected chi connectivity index (χ1v) is 7.93. The lowest BCUT2D eigenvalue weighted by molar-refractivity contribution is -0.121. The molecule has 23 heavy (non-hydrogen) atoms. The predicted molar refractivity (Wildman–Crippen MR) is 90.5 cm³/mol. The van der Waals surface area contributed by atoms with E-state index in [2.05, 4.69) is 32.3 Å². The highest BCUT2D eigenvalue weighted by atomic mass is 16.2. The Morgan fingerprint density at radius 1 is 1.17 bits per heavy atom. The van der Waals surface area contributed by atoms with E-state index in [-0.39, 0.29) is 11.9 Å². The molecule has 1 N–H and O–H groups in total. The van der Waals surface area contributed by atoms with Crippen LogP contribution in [0.2, 0.25) is 0 Å². The van der Waals surface area contributed by atoms with Crippen LogP contribution < -0.4 is 10.2 Å². The average molecular weight is 310 g/mol. The zero-order valence-electron chi connectivity index (χ0n) is 13.8. The number of aryl methyl sites for hydroxylation is 2. The molecule has 1 aliphatic heterocycles. The predicted octanol–water partition coefficient (Wildman–Crippen LogP) is 1.95. The molecule has 1 aromatic carbocycles. The van der Waals surface area contributed by atoms with Crippen LogP contribution in [0.5, 0.6) is 0 Å². The van der Waals surface area contributed by atoms with Crippen molar-refractivity contribution in [2.45, 2.75) is 33.2 Å². The van der Waals surface area contributed by atoms with Crippen LogP contribution in [0.15, 0.2) is 30.3 Å². The number of benzene rings is 1. The van der Waals surface area contributed by atoms with Gasteiger partial charge in [-0.3, -0.25) is 4.79 Å². The van der Waals surface area contributed by atoms with E-state index in [1.54, 1.807) is 0 Å². The molecule has 1 saturated heterocycles. The number of carbonyl (C=O) groups excluding carboxylic acids is 1. The number of carbonyl (C=O) groups is 1. The summed E-state index contributed by atoms with van der Waals surface area (Å²) in [7, 11) is 0. The van der Waals surface area contributed by atoms with Crippen LogP contribution in [-0.2, 0) is 11.2 Å². The molecule has 2 aromatic rings. The van der Waals surface area contributed by atoms with E-state index in [9.17, 15) is 4.79 Å². The monoisotopic (exact) mass is 310 g/mol. The highest BCUT2D eigenvalue weighted by Gasteiger charge is 2.27. The Labute approximate surface area is 136 Å². The number of nitrogens with zero attached hydrogens (tertiary/aromatic N) is 3. The number of hydrogen-bond donors (Lipinski definition) is 1. The standard InChI is InChI=1S/C18H22N4O/c1-12-13(2)19-14(3)20-18(12)22-10-16(21-17(23)11-22)9-15-7-5-4-6-8-15/h4-8,16H,9-11H2,1-3H3,(H,21,23)/t16-/m0/s1. The SMILES string of the molecule is Cc1nc(C)c(C)c(N2CC(=O)N[C@@H](Cc3ccccc3)C2)n1. The van der Waals surface area contributed by atoms with Crippen molar-refractivity contribution < 1.29 is 4.79 Å². The van der Waals surface area contributed by atoms with E-state index in [1.807, 2.05) is 39.0 Å². The molecule has 0 bridgehead atoms. The maximum Gasteiger partial charge on any atom is 0.239 e. The summed E-state index contributed by atoms with van der Waals surface area (Å²) in [5.41, 5.74) is 3.24. The van der Waals surface area contributed by atoms with Gasteiger partial charge in [0.2, 0.25) is 5.91 Å². The van der Waals surface area contributed by atoms with Crippen molar-refractivity contribution in [3.63, 3.8) is 0 Å². The molecule has 1 atom stereocenters. The summed E-state index contributed by atoms with van der Waals surface area (Å²) in [4.78, 5) is 23.2. The molecule has 3 rings (SSSR count). The summed E-state index contributed by atoms with van der Waals surface area (Å²) in [6, 6.07) is 10.3. The van der Waals surface area contributed by atoms with Gasteiger partial charge in [-0.25, -0.2) is 9.97 Å². The van der Waals surface area contributed by atoms with Crippen molar-refractivity contribution in [2.75, 3.05) is 18.0 Å². The smallest absolute Gasteiger partial charge is 0.239 e. The van der Waals surface area contributed by atoms with Gasteiger partial charge in [0.05, 0.1) is 12.6 Å². The van der Waals surface area contributed by atoms with Crippen molar-refractivity contribution in [3.8, 4) is 0 Å². The quantitative estimate of drug-likeness (QED) is 0.941. The minimum atomic E-state index is 0.0468. The van der Waals surface area contributed by atoms with Crippen molar-refractivity contribution in [2.24, 2.45) is 0 Å². The van der Waals surface area contributed by atoms with Crippen molar-refractivity contribution in [1.29, 1.82) is 0 Å². The number of nitrogens with one attached hydrogen (secondary N) is 1. The summed E-state index contributed by atoms with van der Waals surface area (Å²) in [6.07, 6.45) is 0.825.